The van der Waals surface area contributed by atoms with E-state index in [-0.39, 0.29) is 11.8 Å². The van der Waals surface area contributed by atoms with Crippen LogP contribution in [0.4, 0.5) is 0 Å². The summed E-state index contributed by atoms with van der Waals surface area (Å²) in [6.07, 6.45) is 3.48. The molecule has 0 spiro atoms. The summed E-state index contributed by atoms with van der Waals surface area (Å²) in [5.41, 5.74) is -0.745. The predicted molar refractivity (Wildman–Crippen MR) is 83.0 cm³/mol. The number of carbonyl (C=O) groups is 2. The van der Waals surface area contributed by atoms with Crippen molar-refractivity contribution in [2.45, 2.75) is 46.5 Å². The van der Waals surface area contributed by atoms with Crippen molar-refractivity contribution >= 4 is 23.6 Å². The molecule has 1 saturated heterocycles. The van der Waals surface area contributed by atoms with Gasteiger partial charge in [-0.25, -0.2) is 0 Å². The number of carboxylic acids is 1. The first-order valence-electron chi connectivity index (χ1n) is 7.53. The second kappa shape index (κ2) is 7.91. The summed E-state index contributed by atoms with van der Waals surface area (Å²) in [6.45, 7) is 6.99. The van der Waals surface area contributed by atoms with E-state index in [0.29, 0.717) is 25.9 Å². The minimum absolute atomic E-state index is 0.0525. The van der Waals surface area contributed by atoms with E-state index in [4.69, 9.17) is 0 Å². The largest absolute Gasteiger partial charge is 0.481 e. The van der Waals surface area contributed by atoms with Crippen molar-refractivity contribution < 1.29 is 14.7 Å². The molecule has 1 aliphatic rings. The Kier molecular flexibility index (Phi) is 6.86. The molecular weight excluding hydrogens is 274 g/mol. The van der Waals surface area contributed by atoms with E-state index in [1.165, 1.54) is 12.8 Å². The van der Waals surface area contributed by atoms with Crippen LogP contribution in [0.2, 0.25) is 0 Å². The molecule has 0 aromatic heterocycles. The highest BCUT2D eigenvalue weighted by atomic mass is 32.2. The second-order valence-corrected chi connectivity index (χ2v) is 7.12. The molecule has 20 heavy (non-hydrogen) atoms. The third-order valence-electron chi connectivity index (χ3n) is 4.29. The van der Waals surface area contributed by atoms with Crippen molar-refractivity contribution in [3.63, 3.8) is 0 Å². The maximum atomic E-state index is 12.1. The second-order valence-electron chi connectivity index (χ2n) is 5.90. The van der Waals surface area contributed by atoms with Crippen LogP contribution in [-0.4, -0.2) is 46.5 Å². The Morgan fingerprint density at radius 2 is 2.05 bits per heavy atom. The summed E-state index contributed by atoms with van der Waals surface area (Å²) in [6, 6.07) is 0. The maximum Gasteiger partial charge on any atom is 0.311 e. The highest BCUT2D eigenvalue weighted by molar-refractivity contribution is 7.99. The van der Waals surface area contributed by atoms with Crippen molar-refractivity contribution in [1.29, 1.82) is 0 Å². The Morgan fingerprint density at radius 3 is 2.55 bits per heavy atom. The molecule has 1 amide bonds. The van der Waals surface area contributed by atoms with Gasteiger partial charge in [0.05, 0.1) is 5.41 Å². The Labute approximate surface area is 126 Å². The molecule has 1 N–H and O–H groups in total. The van der Waals surface area contributed by atoms with Gasteiger partial charge in [0.2, 0.25) is 5.91 Å². The summed E-state index contributed by atoms with van der Waals surface area (Å²) >= 11 is 1.81. The van der Waals surface area contributed by atoms with Gasteiger partial charge in [-0.05, 0) is 24.5 Å². The number of aliphatic carboxylic acids is 1. The number of carboxylic acid groups (broad SMARTS) is 1. The van der Waals surface area contributed by atoms with Gasteiger partial charge < -0.3 is 10.0 Å². The molecule has 5 heteroatoms. The van der Waals surface area contributed by atoms with E-state index in [9.17, 15) is 14.7 Å². The van der Waals surface area contributed by atoms with Gasteiger partial charge in [-0.3, -0.25) is 9.59 Å². The average molecular weight is 301 g/mol. The smallest absolute Gasteiger partial charge is 0.311 e. The summed E-state index contributed by atoms with van der Waals surface area (Å²) in [4.78, 5) is 25.4. The lowest BCUT2D eigenvalue weighted by molar-refractivity contribution is -0.151. The first kappa shape index (κ1) is 17.3. The van der Waals surface area contributed by atoms with Crippen LogP contribution in [0.5, 0.6) is 0 Å². The average Bonchev–Trinajstić information content (AvgIpc) is 2.84. The molecule has 116 valence electrons. The molecule has 1 atom stereocenters. The van der Waals surface area contributed by atoms with Crippen LogP contribution in [0.15, 0.2) is 0 Å². The maximum absolute atomic E-state index is 12.1. The SMILES string of the molecule is CCCCSCCC(=O)N1CCC(C(=O)O)(C(C)C)C1. The Balaban J connectivity index is 2.42. The molecule has 1 aliphatic heterocycles. The quantitative estimate of drug-likeness (QED) is 0.700. The zero-order valence-electron chi connectivity index (χ0n) is 12.9. The third kappa shape index (κ3) is 4.14. The van der Waals surface area contributed by atoms with E-state index in [2.05, 4.69) is 6.92 Å². The van der Waals surface area contributed by atoms with Gasteiger partial charge in [0.15, 0.2) is 0 Å². The lowest BCUT2D eigenvalue weighted by atomic mass is 9.76. The van der Waals surface area contributed by atoms with Crippen LogP contribution >= 0.6 is 11.8 Å². The number of hydrogen-bond acceptors (Lipinski definition) is 3. The molecule has 0 bridgehead atoms. The van der Waals surface area contributed by atoms with Gasteiger partial charge in [0, 0.05) is 25.3 Å². The molecule has 1 fully saturated rings. The van der Waals surface area contributed by atoms with Gasteiger partial charge in [0.25, 0.3) is 0 Å². The van der Waals surface area contributed by atoms with Crippen molar-refractivity contribution in [3.05, 3.63) is 0 Å². The molecule has 4 nitrogen and oxygen atoms in total. The summed E-state index contributed by atoms with van der Waals surface area (Å²) in [5.74, 6) is 1.35. The van der Waals surface area contributed by atoms with Gasteiger partial charge >= 0.3 is 5.97 Å². The number of nitrogens with zero attached hydrogens (tertiary/aromatic N) is 1. The zero-order chi connectivity index (χ0) is 15.2. The monoisotopic (exact) mass is 301 g/mol. The van der Waals surface area contributed by atoms with Crippen LogP contribution < -0.4 is 0 Å². The predicted octanol–water partition coefficient (Wildman–Crippen LogP) is 2.87. The number of unbranched alkanes of at least 4 members (excludes halogenated alkanes) is 1. The first-order valence-corrected chi connectivity index (χ1v) is 8.68. The van der Waals surface area contributed by atoms with Crippen LogP contribution in [0.3, 0.4) is 0 Å². The highest BCUT2D eigenvalue weighted by Crippen LogP contribution is 2.38. The number of carbonyl (C=O) groups excluding carboxylic acids is 1. The molecule has 1 rings (SSSR count). The highest BCUT2D eigenvalue weighted by Gasteiger charge is 2.48. The topological polar surface area (TPSA) is 57.6 Å². The fourth-order valence-electron chi connectivity index (χ4n) is 2.60. The summed E-state index contributed by atoms with van der Waals surface area (Å²) in [5, 5.41) is 9.46. The molecule has 0 aromatic rings. The van der Waals surface area contributed by atoms with E-state index in [1.54, 1.807) is 4.90 Å². The Bertz CT molecular complexity index is 346. The van der Waals surface area contributed by atoms with Gasteiger partial charge in [0.1, 0.15) is 0 Å². The van der Waals surface area contributed by atoms with E-state index in [0.717, 1.165) is 11.5 Å². The van der Waals surface area contributed by atoms with Crippen LogP contribution in [0.1, 0.15) is 46.5 Å². The third-order valence-corrected chi connectivity index (χ3v) is 5.36. The molecule has 0 aliphatic carbocycles. The van der Waals surface area contributed by atoms with E-state index >= 15 is 0 Å². The van der Waals surface area contributed by atoms with E-state index in [1.807, 2.05) is 25.6 Å². The van der Waals surface area contributed by atoms with Crippen LogP contribution in [-0.2, 0) is 9.59 Å². The number of rotatable bonds is 8. The standard InChI is InChI=1S/C15H27NO3S/c1-4-5-9-20-10-6-13(17)16-8-7-15(11-16,12(2)3)14(18)19/h12H,4-11H2,1-3H3,(H,18,19). The molecule has 0 aromatic carbocycles. The number of amides is 1. The molecule has 1 unspecified atom stereocenters. The van der Waals surface area contributed by atoms with Gasteiger partial charge in [-0.1, -0.05) is 27.2 Å². The summed E-state index contributed by atoms with van der Waals surface area (Å²) < 4.78 is 0. The van der Waals surface area contributed by atoms with Crippen LogP contribution in [0, 0.1) is 11.3 Å². The fraction of sp³-hybridized carbons (Fsp3) is 0.867. The normalized spacial score (nSPS) is 22.5. The number of thioether (sulfide) groups is 1. The molecular formula is C15H27NO3S. The lowest BCUT2D eigenvalue weighted by Crippen LogP contribution is -2.40. The van der Waals surface area contributed by atoms with Crippen molar-refractivity contribution in [2.75, 3.05) is 24.6 Å². The van der Waals surface area contributed by atoms with E-state index < -0.39 is 11.4 Å². The lowest BCUT2D eigenvalue weighted by Gasteiger charge is -2.28. The molecule has 0 radical (unpaired) electrons. The van der Waals surface area contributed by atoms with Crippen LogP contribution in [0.25, 0.3) is 0 Å². The van der Waals surface area contributed by atoms with Gasteiger partial charge in [-0.2, -0.15) is 11.8 Å². The minimum atomic E-state index is -0.764. The van der Waals surface area contributed by atoms with Crippen molar-refractivity contribution in [3.8, 4) is 0 Å². The Morgan fingerprint density at radius 1 is 1.35 bits per heavy atom. The zero-order valence-corrected chi connectivity index (χ0v) is 13.7. The van der Waals surface area contributed by atoms with Gasteiger partial charge in [-0.15, -0.1) is 0 Å². The number of hydrogen-bond donors (Lipinski definition) is 1. The number of likely N-dealkylation sites (tertiary alicyclic amines) is 1. The fourth-order valence-corrected chi connectivity index (χ4v) is 3.62. The minimum Gasteiger partial charge on any atom is -0.481 e. The molecule has 0 saturated carbocycles. The molecule has 1 heterocycles. The summed E-state index contributed by atoms with van der Waals surface area (Å²) in [7, 11) is 0. The first-order chi connectivity index (χ1) is 9.44. The van der Waals surface area contributed by atoms with Crippen molar-refractivity contribution in [2.24, 2.45) is 11.3 Å². The van der Waals surface area contributed by atoms with Crippen molar-refractivity contribution in [1.82, 2.24) is 4.90 Å². The Hall–Kier alpha value is -0.710.